The lowest BCUT2D eigenvalue weighted by molar-refractivity contribution is -0.170. The summed E-state index contributed by atoms with van der Waals surface area (Å²) in [4.78, 5) is 13.7. The second-order valence-electron chi connectivity index (χ2n) is 13.9. The van der Waals surface area contributed by atoms with Crippen LogP contribution in [0.5, 0.6) is 0 Å². The highest BCUT2D eigenvalue weighted by atomic mass is 16.1. The highest BCUT2D eigenvalue weighted by Crippen LogP contribution is 2.65. The maximum atomic E-state index is 13.7. The van der Waals surface area contributed by atoms with Crippen LogP contribution in [0.15, 0.2) is 0 Å². The molecule has 5 rings (SSSR count). The Kier molecular flexibility index (Phi) is 7.64. The van der Waals surface area contributed by atoms with Gasteiger partial charge < -0.3 is 0 Å². The van der Waals surface area contributed by atoms with E-state index in [-0.39, 0.29) is 10.8 Å². The smallest absolute Gasteiger partial charge is 0.145 e. The second-order valence-corrected chi connectivity index (χ2v) is 13.9. The van der Waals surface area contributed by atoms with Gasteiger partial charge in [0.1, 0.15) is 5.78 Å². The van der Waals surface area contributed by atoms with Crippen LogP contribution in [0.25, 0.3) is 0 Å². The van der Waals surface area contributed by atoms with Gasteiger partial charge in [-0.2, -0.15) is 0 Å². The average Bonchev–Trinajstić information content (AvgIpc) is 2.86. The fraction of sp³-hybridized carbons (Fsp3) is 0.969. The van der Waals surface area contributed by atoms with Gasteiger partial charge in [0.15, 0.2) is 0 Å². The Morgan fingerprint density at radius 2 is 0.879 bits per heavy atom. The third-order valence-corrected chi connectivity index (χ3v) is 12.1. The molecule has 0 unspecified atom stereocenters. The first-order valence-corrected chi connectivity index (χ1v) is 15.6. The Labute approximate surface area is 205 Å². The highest BCUT2D eigenvalue weighted by molar-refractivity contribution is 5.96. The lowest BCUT2D eigenvalue weighted by Crippen LogP contribution is -2.60. The van der Waals surface area contributed by atoms with E-state index in [1.54, 1.807) is 0 Å². The Bertz CT molecular complexity index is 577. The fourth-order valence-electron chi connectivity index (χ4n) is 10.1. The maximum absolute atomic E-state index is 13.7. The van der Waals surface area contributed by atoms with E-state index in [1.807, 2.05) is 0 Å². The molecule has 2 spiro atoms. The topological polar surface area (TPSA) is 17.1 Å². The summed E-state index contributed by atoms with van der Waals surface area (Å²) in [6, 6.07) is 0. The van der Waals surface area contributed by atoms with Crippen molar-refractivity contribution in [3.63, 3.8) is 0 Å². The number of Topliss-reactive ketones (excluding diaryl/α,β-unsaturated/α-hetero) is 1. The van der Waals surface area contributed by atoms with Crippen LogP contribution < -0.4 is 0 Å². The van der Waals surface area contributed by atoms with Crippen LogP contribution in [0.1, 0.15) is 149 Å². The number of carbonyl (C=O) groups is 1. The zero-order valence-corrected chi connectivity index (χ0v) is 22.2. The van der Waals surface area contributed by atoms with Crippen molar-refractivity contribution in [2.24, 2.45) is 46.3 Å². The zero-order chi connectivity index (χ0) is 22.9. The van der Waals surface area contributed by atoms with E-state index < -0.39 is 0 Å². The van der Waals surface area contributed by atoms with Crippen molar-refractivity contribution in [2.75, 3.05) is 0 Å². The number of hydrogen-bond donors (Lipinski definition) is 0. The molecule has 5 aliphatic carbocycles. The minimum absolute atomic E-state index is 0.140. The number of ketones is 1. The third-order valence-electron chi connectivity index (χ3n) is 12.1. The van der Waals surface area contributed by atoms with Crippen LogP contribution in [0, 0.1) is 46.3 Å². The summed E-state index contributed by atoms with van der Waals surface area (Å²) in [6.07, 6.45) is 29.3. The molecule has 0 aromatic carbocycles. The first kappa shape index (κ1) is 24.4. The van der Waals surface area contributed by atoms with Gasteiger partial charge in [-0.15, -0.1) is 0 Å². The molecule has 0 radical (unpaired) electrons. The molecule has 0 aliphatic heterocycles. The predicted molar refractivity (Wildman–Crippen MR) is 139 cm³/mol. The molecule has 0 bridgehead atoms. The van der Waals surface area contributed by atoms with Crippen molar-refractivity contribution in [3.05, 3.63) is 0 Å². The third kappa shape index (κ3) is 4.87. The molecule has 1 heteroatoms. The van der Waals surface area contributed by atoms with E-state index >= 15 is 0 Å². The molecule has 0 N–H and O–H groups in total. The van der Waals surface area contributed by atoms with Gasteiger partial charge in [0.2, 0.25) is 0 Å². The Morgan fingerprint density at radius 3 is 1.18 bits per heavy atom. The lowest BCUT2D eigenvalue weighted by Gasteiger charge is -2.60. The van der Waals surface area contributed by atoms with E-state index in [0.717, 1.165) is 41.3 Å². The average molecular weight is 455 g/mol. The minimum Gasteiger partial charge on any atom is -0.298 e. The quantitative estimate of drug-likeness (QED) is 0.390. The van der Waals surface area contributed by atoms with Crippen molar-refractivity contribution in [1.29, 1.82) is 0 Å². The molecular formula is C32H54O. The molecule has 1 nitrogen and oxygen atoms in total. The SMILES string of the molecule is CCCC1CCC(C2CC[C@]3(CC2)C[C@@]2(CC[C@H](C4CCC(CCC)CC4)CC2)C3=O)CC1. The van der Waals surface area contributed by atoms with Crippen LogP contribution in [0.2, 0.25) is 0 Å². The first-order valence-electron chi connectivity index (χ1n) is 15.6. The predicted octanol–water partition coefficient (Wildman–Crippen LogP) is 9.53. The van der Waals surface area contributed by atoms with Gasteiger partial charge in [0.05, 0.1) is 0 Å². The van der Waals surface area contributed by atoms with E-state index in [4.69, 9.17) is 0 Å². The number of rotatable bonds is 6. The lowest BCUT2D eigenvalue weighted by atomic mass is 9.42. The van der Waals surface area contributed by atoms with Gasteiger partial charge in [0, 0.05) is 10.8 Å². The molecule has 5 fully saturated rings. The van der Waals surface area contributed by atoms with Crippen LogP contribution in [0.3, 0.4) is 0 Å². The molecule has 33 heavy (non-hydrogen) atoms. The fourth-order valence-corrected chi connectivity index (χ4v) is 10.1. The Hall–Kier alpha value is -0.330. The van der Waals surface area contributed by atoms with E-state index in [1.165, 1.54) is 135 Å². The normalized spacial score (nSPS) is 46.4. The van der Waals surface area contributed by atoms with Crippen LogP contribution in [-0.2, 0) is 4.79 Å². The van der Waals surface area contributed by atoms with Gasteiger partial charge in [-0.25, -0.2) is 0 Å². The summed E-state index contributed by atoms with van der Waals surface area (Å²) in [5, 5.41) is 0. The van der Waals surface area contributed by atoms with Crippen molar-refractivity contribution >= 4 is 5.78 Å². The maximum Gasteiger partial charge on any atom is 0.145 e. The molecule has 0 aromatic heterocycles. The molecule has 188 valence electrons. The van der Waals surface area contributed by atoms with Gasteiger partial charge in [-0.05, 0) is 119 Å². The van der Waals surface area contributed by atoms with Crippen LogP contribution >= 0.6 is 0 Å². The van der Waals surface area contributed by atoms with E-state index in [9.17, 15) is 4.79 Å². The van der Waals surface area contributed by atoms with Crippen molar-refractivity contribution in [2.45, 2.75) is 149 Å². The summed E-state index contributed by atoms with van der Waals surface area (Å²) >= 11 is 0. The van der Waals surface area contributed by atoms with Crippen molar-refractivity contribution < 1.29 is 4.79 Å². The Morgan fingerprint density at radius 1 is 0.545 bits per heavy atom. The van der Waals surface area contributed by atoms with E-state index in [0.29, 0.717) is 0 Å². The molecule has 0 saturated heterocycles. The molecule has 0 atom stereocenters. The second kappa shape index (κ2) is 10.3. The van der Waals surface area contributed by atoms with Gasteiger partial charge in [0.25, 0.3) is 0 Å². The van der Waals surface area contributed by atoms with Gasteiger partial charge in [-0.1, -0.05) is 65.2 Å². The molecule has 5 saturated carbocycles. The monoisotopic (exact) mass is 454 g/mol. The number of carbonyl (C=O) groups excluding carboxylic acids is 1. The van der Waals surface area contributed by atoms with Gasteiger partial charge >= 0.3 is 0 Å². The molecule has 0 amide bonds. The van der Waals surface area contributed by atoms with E-state index in [2.05, 4.69) is 13.8 Å². The largest absolute Gasteiger partial charge is 0.298 e. The summed E-state index contributed by atoms with van der Waals surface area (Å²) in [6.45, 7) is 4.69. The van der Waals surface area contributed by atoms with Crippen LogP contribution in [-0.4, -0.2) is 5.78 Å². The van der Waals surface area contributed by atoms with Crippen molar-refractivity contribution in [3.8, 4) is 0 Å². The zero-order valence-electron chi connectivity index (χ0n) is 22.2. The van der Waals surface area contributed by atoms with Crippen molar-refractivity contribution in [1.82, 2.24) is 0 Å². The standard InChI is InChI=1S/C32H54O/c1-3-5-24-7-11-26(12-8-24)28-15-19-31(20-16-28)23-32(30(31)33)21-17-29(18-22-32)27-13-9-25(6-4-2)10-14-27/h24-29H,3-23H2,1-2H3/t24?,25?,26?,27?,28-,29?,31-,32-. The molecule has 0 heterocycles. The molecule has 0 aromatic rings. The summed E-state index contributed by atoms with van der Waals surface area (Å²) in [5.41, 5.74) is 0.280. The molecular weight excluding hydrogens is 400 g/mol. The van der Waals surface area contributed by atoms with Crippen LogP contribution in [0.4, 0.5) is 0 Å². The number of hydrogen-bond acceptors (Lipinski definition) is 1. The summed E-state index contributed by atoms with van der Waals surface area (Å²) < 4.78 is 0. The summed E-state index contributed by atoms with van der Waals surface area (Å²) in [5.74, 6) is 6.67. The van der Waals surface area contributed by atoms with Gasteiger partial charge in [-0.3, -0.25) is 4.79 Å². The minimum atomic E-state index is 0.140. The summed E-state index contributed by atoms with van der Waals surface area (Å²) in [7, 11) is 0. The highest BCUT2D eigenvalue weighted by Gasteiger charge is 2.63. The first-order chi connectivity index (χ1) is 16.1. The molecule has 5 aliphatic rings. The Balaban J connectivity index is 1.06.